The van der Waals surface area contributed by atoms with Crippen molar-refractivity contribution in [3.63, 3.8) is 0 Å². The smallest absolute Gasteiger partial charge is 0.0161 e. The molecule has 0 saturated heterocycles. The van der Waals surface area contributed by atoms with E-state index in [0.29, 0.717) is 0 Å². The van der Waals surface area contributed by atoms with Gasteiger partial charge in [-0.1, -0.05) is 31.5 Å². The van der Waals surface area contributed by atoms with Gasteiger partial charge in [0.2, 0.25) is 0 Å². The summed E-state index contributed by atoms with van der Waals surface area (Å²) in [4.78, 5) is 0. The van der Waals surface area contributed by atoms with Crippen molar-refractivity contribution in [3.8, 4) is 0 Å². The van der Waals surface area contributed by atoms with Crippen molar-refractivity contribution in [1.82, 2.24) is 0 Å². The van der Waals surface area contributed by atoms with Crippen LogP contribution in [-0.2, 0) is 6.42 Å². The zero-order valence-electron chi connectivity index (χ0n) is 8.34. The molecule has 1 saturated carbocycles. The third kappa shape index (κ3) is 1.93. The van der Waals surface area contributed by atoms with Gasteiger partial charge in [0.05, 0.1) is 0 Å². The minimum Gasteiger partial charge on any atom is -0.0651 e. The first-order valence-electron chi connectivity index (χ1n) is 5.26. The van der Waals surface area contributed by atoms with E-state index in [1.165, 1.54) is 42.4 Å². The number of hydrogen-bond acceptors (Lipinski definition) is 0. The highest BCUT2D eigenvalue weighted by atomic mass is 14.3. The molecule has 0 nitrogen and oxygen atoms in total. The molecule has 0 bridgehead atoms. The lowest BCUT2D eigenvalue weighted by atomic mass is 10.00. The van der Waals surface area contributed by atoms with Crippen molar-refractivity contribution >= 4 is 0 Å². The lowest BCUT2D eigenvalue weighted by Gasteiger charge is -2.06. The lowest BCUT2D eigenvalue weighted by molar-refractivity contribution is 0.915. The Morgan fingerprint density at radius 3 is 2.69 bits per heavy atom. The van der Waals surface area contributed by atoms with E-state index >= 15 is 0 Å². The van der Waals surface area contributed by atoms with E-state index in [0.717, 1.165) is 5.92 Å². The van der Waals surface area contributed by atoms with Crippen LogP contribution >= 0.6 is 0 Å². The van der Waals surface area contributed by atoms with Crippen LogP contribution in [0.2, 0.25) is 0 Å². The SMILES string of the molecule is [CH2]c1cc(C2CC2)ccc1CCC. The first kappa shape index (κ1) is 8.80. The maximum atomic E-state index is 4.11. The molecule has 1 radical (unpaired) electrons. The first-order chi connectivity index (χ1) is 6.31. The van der Waals surface area contributed by atoms with Crippen molar-refractivity contribution in [2.45, 2.75) is 38.5 Å². The molecule has 1 aliphatic carbocycles. The van der Waals surface area contributed by atoms with E-state index < -0.39 is 0 Å². The van der Waals surface area contributed by atoms with E-state index in [-0.39, 0.29) is 0 Å². The van der Waals surface area contributed by atoms with Gasteiger partial charge in [-0.25, -0.2) is 0 Å². The Labute approximate surface area is 81.0 Å². The van der Waals surface area contributed by atoms with E-state index in [2.05, 4.69) is 32.0 Å². The highest BCUT2D eigenvalue weighted by Gasteiger charge is 2.23. The highest BCUT2D eigenvalue weighted by Crippen LogP contribution is 2.40. The zero-order valence-corrected chi connectivity index (χ0v) is 8.34. The van der Waals surface area contributed by atoms with Gasteiger partial charge in [-0.2, -0.15) is 0 Å². The molecule has 1 aliphatic rings. The predicted molar refractivity (Wildman–Crippen MR) is 56.9 cm³/mol. The molecule has 0 atom stereocenters. The summed E-state index contributed by atoms with van der Waals surface area (Å²) in [6.45, 7) is 6.33. The fraction of sp³-hybridized carbons (Fsp3) is 0.462. The minimum absolute atomic E-state index is 0.858. The topological polar surface area (TPSA) is 0 Å². The summed E-state index contributed by atoms with van der Waals surface area (Å²) in [5.41, 5.74) is 4.17. The van der Waals surface area contributed by atoms with Crippen LogP contribution in [0.5, 0.6) is 0 Å². The molecule has 0 amide bonds. The zero-order chi connectivity index (χ0) is 9.26. The molecule has 0 unspecified atom stereocenters. The molecule has 2 rings (SSSR count). The monoisotopic (exact) mass is 173 g/mol. The molecule has 0 N–H and O–H groups in total. The summed E-state index contributed by atoms with van der Waals surface area (Å²) < 4.78 is 0. The summed E-state index contributed by atoms with van der Waals surface area (Å²) in [6.07, 6.45) is 5.15. The Morgan fingerprint density at radius 2 is 2.15 bits per heavy atom. The number of benzene rings is 1. The number of aryl methyl sites for hydroxylation is 1. The summed E-state index contributed by atoms with van der Waals surface area (Å²) in [6, 6.07) is 6.83. The van der Waals surface area contributed by atoms with Gasteiger partial charge in [0.15, 0.2) is 0 Å². The minimum atomic E-state index is 0.858. The molecule has 1 aromatic rings. The van der Waals surface area contributed by atoms with Crippen LogP contribution < -0.4 is 0 Å². The second-order valence-corrected chi connectivity index (χ2v) is 4.05. The van der Waals surface area contributed by atoms with Gasteiger partial charge >= 0.3 is 0 Å². The Kier molecular flexibility index (Phi) is 2.39. The third-order valence-electron chi connectivity index (χ3n) is 2.80. The Balaban J connectivity index is 2.21. The number of rotatable bonds is 3. The highest BCUT2D eigenvalue weighted by molar-refractivity contribution is 5.37. The van der Waals surface area contributed by atoms with E-state index in [1.807, 2.05) is 0 Å². The van der Waals surface area contributed by atoms with Gasteiger partial charge < -0.3 is 0 Å². The van der Waals surface area contributed by atoms with Crippen LogP contribution in [0.25, 0.3) is 0 Å². The van der Waals surface area contributed by atoms with Crippen molar-refractivity contribution in [2.24, 2.45) is 0 Å². The summed E-state index contributed by atoms with van der Waals surface area (Å²) in [5, 5.41) is 0. The second-order valence-electron chi connectivity index (χ2n) is 4.05. The van der Waals surface area contributed by atoms with E-state index in [1.54, 1.807) is 0 Å². The standard InChI is InChI=1S/C13H17/c1-3-4-11-5-8-13(9-10(11)2)12-6-7-12/h5,8-9,12H,2-4,6-7H2,1H3. The van der Waals surface area contributed by atoms with Crippen LogP contribution in [0.3, 0.4) is 0 Å². The van der Waals surface area contributed by atoms with Crippen molar-refractivity contribution in [1.29, 1.82) is 0 Å². The quantitative estimate of drug-likeness (QED) is 0.653. The summed E-state index contributed by atoms with van der Waals surface area (Å²) >= 11 is 0. The molecule has 13 heavy (non-hydrogen) atoms. The van der Waals surface area contributed by atoms with Crippen LogP contribution in [0.1, 0.15) is 48.8 Å². The van der Waals surface area contributed by atoms with Gasteiger partial charge in [0, 0.05) is 0 Å². The molecule has 0 aliphatic heterocycles. The molecule has 1 fully saturated rings. The largest absolute Gasteiger partial charge is 0.0651 e. The first-order valence-corrected chi connectivity index (χ1v) is 5.26. The Morgan fingerprint density at radius 1 is 1.38 bits per heavy atom. The average molecular weight is 173 g/mol. The summed E-state index contributed by atoms with van der Waals surface area (Å²) in [7, 11) is 0. The van der Waals surface area contributed by atoms with Crippen molar-refractivity contribution in [3.05, 3.63) is 41.8 Å². The molecule has 0 heteroatoms. The molecule has 0 aromatic heterocycles. The Bertz CT molecular complexity index is 295. The van der Waals surface area contributed by atoms with Gasteiger partial charge in [0.1, 0.15) is 0 Å². The normalized spacial score (nSPS) is 16.2. The maximum absolute atomic E-state index is 4.11. The molecule has 0 spiro atoms. The van der Waals surface area contributed by atoms with Gasteiger partial charge in [-0.3, -0.25) is 0 Å². The fourth-order valence-corrected chi connectivity index (χ4v) is 1.83. The second kappa shape index (κ2) is 3.53. The van der Waals surface area contributed by atoms with Crippen LogP contribution in [0.4, 0.5) is 0 Å². The van der Waals surface area contributed by atoms with Crippen LogP contribution in [0, 0.1) is 6.92 Å². The maximum Gasteiger partial charge on any atom is -0.0161 e. The van der Waals surface area contributed by atoms with Crippen molar-refractivity contribution < 1.29 is 0 Å². The van der Waals surface area contributed by atoms with Crippen LogP contribution in [0.15, 0.2) is 18.2 Å². The van der Waals surface area contributed by atoms with Crippen LogP contribution in [-0.4, -0.2) is 0 Å². The average Bonchev–Trinajstić information content (AvgIpc) is 2.91. The van der Waals surface area contributed by atoms with Gasteiger partial charge in [-0.15, -0.1) is 0 Å². The Hall–Kier alpha value is -0.780. The lowest BCUT2D eigenvalue weighted by Crippen LogP contribution is -1.90. The van der Waals surface area contributed by atoms with E-state index in [4.69, 9.17) is 0 Å². The van der Waals surface area contributed by atoms with Gasteiger partial charge in [0.25, 0.3) is 0 Å². The van der Waals surface area contributed by atoms with E-state index in [9.17, 15) is 0 Å². The third-order valence-corrected chi connectivity index (χ3v) is 2.80. The fourth-order valence-electron chi connectivity index (χ4n) is 1.83. The summed E-state index contributed by atoms with van der Waals surface area (Å²) in [5.74, 6) is 0.858. The van der Waals surface area contributed by atoms with Gasteiger partial charge in [-0.05, 0) is 48.8 Å². The molecular formula is C13H17. The molecule has 1 aromatic carbocycles. The van der Waals surface area contributed by atoms with Crippen molar-refractivity contribution in [2.75, 3.05) is 0 Å². The number of hydrogen-bond donors (Lipinski definition) is 0. The predicted octanol–water partition coefficient (Wildman–Crippen LogP) is 3.70. The molecule has 69 valence electrons. The molecular weight excluding hydrogens is 156 g/mol. The molecule has 0 heterocycles.